The van der Waals surface area contributed by atoms with Gasteiger partial charge in [-0.15, -0.1) is 0 Å². The highest BCUT2D eigenvalue weighted by atomic mass is 32.2. The molecule has 1 aliphatic carbocycles. The van der Waals surface area contributed by atoms with Gasteiger partial charge in [-0.25, -0.2) is 4.72 Å². The van der Waals surface area contributed by atoms with Gasteiger partial charge in [-0.05, 0) is 64.3 Å². The summed E-state index contributed by atoms with van der Waals surface area (Å²) < 4.78 is 60.4. The van der Waals surface area contributed by atoms with Gasteiger partial charge in [-0.2, -0.15) is 21.6 Å². The summed E-state index contributed by atoms with van der Waals surface area (Å²) in [6.07, 6.45) is 4.91. The number of allylic oxidation sites excluding steroid dienone is 1. The number of amides is 1. The van der Waals surface area contributed by atoms with Crippen molar-refractivity contribution in [2.75, 3.05) is 0 Å². The van der Waals surface area contributed by atoms with E-state index in [1.54, 1.807) is 12.1 Å². The Morgan fingerprint density at radius 3 is 2.17 bits per heavy atom. The minimum Gasteiger partial charge on any atom is -0.269 e. The molecule has 0 saturated carbocycles. The number of sulfonamides is 1. The lowest BCUT2D eigenvalue weighted by atomic mass is 9.87. The van der Waals surface area contributed by atoms with Crippen LogP contribution in [0, 0.1) is 0 Å². The summed E-state index contributed by atoms with van der Waals surface area (Å²) >= 11 is 0. The van der Waals surface area contributed by atoms with Gasteiger partial charge in [0.2, 0.25) is 0 Å². The van der Waals surface area contributed by atoms with Crippen LogP contribution in [0.2, 0.25) is 0 Å². The summed E-state index contributed by atoms with van der Waals surface area (Å²) in [5, 5.41) is 0. The molecular formula is C27H22F3NO3S. The Hall–Kier alpha value is -3.65. The maximum atomic E-state index is 12.4. The molecule has 8 heteroatoms. The van der Waals surface area contributed by atoms with Crippen LogP contribution in [0.1, 0.15) is 40.7 Å². The van der Waals surface area contributed by atoms with Gasteiger partial charge in [0.1, 0.15) is 0 Å². The molecular weight excluding hydrogens is 475 g/mol. The van der Waals surface area contributed by atoms with Crippen LogP contribution >= 0.6 is 0 Å². The second-order valence-electron chi connectivity index (χ2n) is 8.10. The zero-order valence-corrected chi connectivity index (χ0v) is 19.4. The number of hydrogen-bond acceptors (Lipinski definition) is 3. The van der Waals surface area contributed by atoms with E-state index in [0.717, 1.165) is 52.3 Å². The molecule has 0 heterocycles. The number of fused-ring (bicyclic) bond motifs is 1. The van der Waals surface area contributed by atoms with Crippen molar-refractivity contribution < 1.29 is 26.4 Å². The number of rotatable bonds is 5. The Balaban J connectivity index is 1.67. The first-order chi connectivity index (χ1) is 16.7. The SMILES string of the molecule is O=C(/C=C/c1ccc(C2=C(c3ccccc3)CCCc3ccccc32)cc1)NS(=O)(=O)C(F)(F)F. The van der Waals surface area contributed by atoms with Crippen molar-refractivity contribution in [2.45, 2.75) is 24.8 Å². The Labute approximate surface area is 201 Å². The van der Waals surface area contributed by atoms with E-state index in [-0.39, 0.29) is 0 Å². The lowest BCUT2D eigenvalue weighted by Gasteiger charge is -2.16. The minimum absolute atomic E-state index is 0.539. The molecule has 1 amide bonds. The topological polar surface area (TPSA) is 63.2 Å². The van der Waals surface area contributed by atoms with Gasteiger partial charge in [-0.3, -0.25) is 4.79 Å². The van der Waals surface area contributed by atoms with E-state index in [1.165, 1.54) is 17.2 Å². The Morgan fingerprint density at radius 2 is 1.49 bits per heavy atom. The van der Waals surface area contributed by atoms with E-state index in [1.807, 2.05) is 42.5 Å². The van der Waals surface area contributed by atoms with Gasteiger partial charge in [-0.1, -0.05) is 78.9 Å². The molecule has 0 fully saturated rings. The fraction of sp³-hybridized carbons (Fsp3) is 0.148. The van der Waals surface area contributed by atoms with Crippen LogP contribution in [0.15, 0.2) is 84.9 Å². The third-order valence-corrected chi connectivity index (χ3v) is 6.83. The van der Waals surface area contributed by atoms with Crippen molar-refractivity contribution in [3.05, 3.63) is 113 Å². The van der Waals surface area contributed by atoms with Crippen LogP contribution < -0.4 is 4.72 Å². The fourth-order valence-corrected chi connectivity index (χ4v) is 4.59. The third kappa shape index (κ3) is 5.54. The standard InChI is InChI=1S/C27H22F3NO3S/c28-27(29,30)35(33,34)31-25(32)18-15-19-13-16-22(17-14-19)26-23-11-5-4-9-21(23)10-6-12-24(26)20-7-2-1-3-8-20/h1-5,7-9,11,13-18H,6,10,12H2,(H,31,32)/b18-15+. The summed E-state index contributed by atoms with van der Waals surface area (Å²) in [6.45, 7) is 0. The van der Waals surface area contributed by atoms with Crippen molar-refractivity contribution in [3.63, 3.8) is 0 Å². The largest absolute Gasteiger partial charge is 0.516 e. The molecule has 1 N–H and O–H groups in total. The molecule has 3 aromatic rings. The van der Waals surface area contributed by atoms with Gasteiger partial charge < -0.3 is 0 Å². The van der Waals surface area contributed by atoms with Gasteiger partial charge in [0.05, 0.1) is 0 Å². The zero-order valence-electron chi connectivity index (χ0n) is 18.5. The number of halogens is 3. The molecule has 4 rings (SSSR count). The zero-order chi connectivity index (χ0) is 25.1. The van der Waals surface area contributed by atoms with Crippen LogP contribution in [0.4, 0.5) is 13.2 Å². The van der Waals surface area contributed by atoms with E-state index in [0.29, 0.717) is 5.56 Å². The molecule has 1 aliphatic rings. The van der Waals surface area contributed by atoms with Gasteiger partial charge in [0.15, 0.2) is 0 Å². The number of alkyl halides is 3. The molecule has 0 bridgehead atoms. The summed E-state index contributed by atoms with van der Waals surface area (Å²) in [4.78, 5) is 11.7. The monoisotopic (exact) mass is 497 g/mol. The second-order valence-corrected chi connectivity index (χ2v) is 9.78. The first-order valence-electron chi connectivity index (χ1n) is 10.9. The lowest BCUT2D eigenvalue weighted by Crippen LogP contribution is -2.39. The molecule has 0 saturated heterocycles. The highest BCUT2D eigenvalue weighted by Gasteiger charge is 2.46. The summed E-state index contributed by atoms with van der Waals surface area (Å²) in [6, 6.07) is 25.7. The number of hydrogen-bond donors (Lipinski definition) is 1. The highest BCUT2D eigenvalue weighted by molar-refractivity contribution is 7.90. The molecule has 0 aromatic heterocycles. The average Bonchev–Trinajstić information content (AvgIpc) is 3.02. The van der Waals surface area contributed by atoms with Crippen molar-refractivity contribution in [1.82, 2.24) is 4.72 Å². The first-order valence-corrected chi connectivity index (χ1v) is 12.4. The van der Waals surface area contributed by atoms with Crippen LogP contribution in [0.5, 0.6) is 0 Å². The number of carbonyl (C=O) groups excluding carboxylic acids is 1. The quantitative estimate of drug-likeness (QED) is 0.443. The number of nitrogens with one attached hydrogen (secondary N) is 1. The van der Waals surface area contributed by atoms with E-state index in [9.17, 15) is 26.4 Å². The smallest absolute Gasteiger partial charge is 0.269 e. The average molecular weight is 498 g/mol. The Kier molecular flexibility index (Phi) is 6.93. The van der Waals surface area contributed by atoms with Gasteiger partial charge >= 0.3 is 15.5 Å². The van der Waals surface area contributed by atoms with Gasteiger partial charge in [0.25, 0.3) is 5.91 Å². The molecule has 3 aromatic carbocycles. The Bertz CT molecular complexity index is 1390. The molecule has 0 spiro atoms. The normalized spacial score (nSPS) is 14.5. The summed E-state index contributed by atoms with van der Waals surface area (Å²) in [5.74, 6) is -1.38. The Morgan fingerprint density at radius 1 is 0.829 bits per heavy atom. The van der Waals surface area contributed by atoms with Crippen molar-refractivity contribution >= 4 is 33.2 Å². The minimum atomic E-state index is -5.74. The predicted molar refractivity (Wildman–Crippen MR) is 130 cm³/mol. The maximum Gasteiger partial charge on any atom is 0.516 e. The van der Waals surface area contributed by atoms with Crippen LogP contribution in [-0.4, -0.2) is 19.8 Å². The van der Waals surface area contributed by atoms with Crippen molar-refractivity contribution in [1.29, 1.82) is 0 Å². The van der Waals surface area contributed by atoms with E-state index in [2.05, 4.69) is 24.3 Å². The highest BCUT2D eigenvalue weighted by Crippen LogP contribution is 2.39. The molecule has 0 aliphatic heterocycles. The van der Waals surface area contributed by atoms with Crippen molar-refractivity contribution in [2.24, 2.45) is 0 Å². The lowest BCUT2D eigenvalue weighted by molar-refractivity contribution is -0.115. The first kappa shape index (κ1) is 24.5. The third-order valence-electron chi connectivity index (χ3n) is 5.75. The van der Waals surface area contributed by atoms with E-state index in [4.69, 9.17) is 0 Å². The molecule has 180 valence electrons. The second kappa shape index (κ2) is 9.92. The molecule has 0 radical (unpaired) electrons. The maximum absolute atomic E-state index is 12.4. The van der Waals surface area contributed by atoms with Crippen LogP contribution in [0.3, 0.4) is 0 Å². The number of benzene rings is 3. The summed E-state index contributed by atoms with van der Waals surface area (Å²) in [5.41, 5.74) is 1.87. The van der Waals surface area contributed by atoms with Crippen LogP contribution in [0.25, 0.3) is 17.2 Å². The predicted octanol–water partition coefficient (Wildman–Crippen LogP) is 5.96. The molecule has 4 nitrogen and oxygen atoms in total. The van der Waals surface area contributed by atoms with Gasteiger partial charge in [0, 0.05) is 6.08 Å². The summed E-state index contributed by atoms with van der Waals surface area (Å²) in [7, 11) is -5.74. The molecule has 35 heavy (non-hydrogen) atoms. The number of carbonyl (C=O) groups is 1. The van der Waals surface area contributed by atoms with E-state index >= 15 is 0 Å². The molecule has 0 unspecified atom stereocenters. The van der Waals surface area contributed by atoms with E-state index < -0.39 is 21.4 Å². The van der Waals surface area contributed by atoms with Crippen molar-refractivity contribution in [3.8, 4) is 0 Å². The van der Waals surface area contributed by atoms with Crippen LogP contribution in [-0.2, 0) is 21.2 Å². The molecule has 0 atom stereocenters. The fourth-order valence-electron chi connectivity index (χ4n) is 4.14. The number of aryl methyl sites for hydroxylation is 1.